The molecule has 0 saturated carbocycles. The number of thiazole rings is 1. The summed E-state index contributed by atoms with van der Waals surface area (Å²) in [6.07, 6.45) is 1.91. The zero-order chi connectivity index (χ0) is 15.5. The average molecular weight is 307 g/mol. The first-order valence-electron chi connectivity index (χ1n) is 7.04. The van der Waals surface area contributed by atoms with E-state index < -0.39 is 0 Å². The van der Waals surface area contributed by atoms with E-state index in [1.54, 1.807) is 0 Å². The molecular formula is C18H17N3S. The van der Waals surface area contributed by atoms with Crippen LogP contribution >= 0.6 is 11.3 Å². The Morgan fingerprint density at radius 1 is 1.14 bits per heavy atom. The molecule has 2 aromatic carbocycles. The maximum Gasteiger partial charge on any atom is 0.180 e. The van der Waals surface area contributed by atoms with Gasteiger partial charge in [0.05, 0.1) is 11.4 Å². The largest absolute Gasteiger partial charge is 0.375 e. The Hall–Kier alpha value is -2.46. The predicted octanol–water partition coefficient (Wildman–Crippen LogP) is 4.76. The molecule has 1 heterocycles. The van der Waals surface area contributed by atoms with Gasteiger partial charge in [-0.3, -0.25) is 4.99 Å². The number of nitrogens with zero attached hydrogens (tertiary/aromatic N) is 2. The van der Waals surface area contributed by atoms with E-state index in [4.69, 9.17) is 5.73 Å². The summed E-state index contributed by atoms with van der Waals surface area (Å²) < 4.78 is 0. The van der Waals surface area contributed by atoms with Gasteiger partial charge in [-0.15, -0.1) is 11.3 Å². The number of aromatic nitrogens is 1. The molecule has 0 radical (unpaired) electrons. The number of aliphatic imine (C=N–C) groups is 1. The van der Waals surface area contributed by atoms with Crippen molar-refractivity contribution in [2.24, 2.45) is 4.99 Å². The number of nitrogens with two attached hydrogens (primary N) is 1. The summed E-state index contributed by atoms with van der Waals surface area (Å²) in [5.41, 5.74) is 12.2. The molecule has 110 valence electrons. The highest BCUT2D eigenvalue weighted by molar-refractivity contribution is 7.13. The van der Waals surface area contributed by atoms with Crippen LogP contribution < -0.4 is 5.73 Å². The molecule has 0 bridgehead atoms. The van der Waals surface area contributed by atoms with Gasteiger partial charge in [0.2, 0.25) is 0 Å². The molecule has 0 amide bonds. The Morgan fingerprint density at radius 3 is 2.73 bits per heavy atom. The zero-order valence-electron chi connectivity index (χ0n) is 12.6. The van der Waals surface area contributed by atoms with Gasteiger partial charge < -0.3 is 5.73 Å². The first kappa shape index (κ1) is 14.5. The number of rotatable bonds is 3. The lowest BCUT2D eigenvalue weighted by Crippen LogP contribution is -1.87. The number of benzene rings is 2. The molecule has 0 saturated heterocycles. The lowest BCUT2D eigenvalue weighted by molar-refractivity contribution is 1.37. The maximum absolute atomic E-state index is 5.70. The van der Waals surface area contributed by atoms with Crippen molar-refractivity contribution in [2.75, 3.05) is 5.73 Å². The first-order chi connectivity index (χ1) is 10.6. The van der Waals surface area contributed by atoms with E-state index >= 15 is 0 Å². The second kappa shape index (κ2) is 6.12. The summed E-state index contributed by atoms with van der Waals surface area (Å²) >= 11 is 1.45. The van der Waals surface area contributed by atoms with Crippen LogP contribution in [0.4, 0.5) is 10.8 Å². The average Bonchev–Trinajstić information content (AvgIpc) is 2.93. The van der Waals surface area contributed by atoms with Crippen molar-refractivity contribution in [1.29, 1.82) is 0 Å². The molecule has 3 rings (SSSR count). The normalized spacial score (nSPS) is 11.2. The van der Waals surface area contributed by atoms with Crippen LogP contribution in [-0.2, 0) is 0 Å². The highest BCUT2D eigenvalue weighted by atomic mass is 32.1. The fourth-order valence-corrected chi connectivity index (χ4v) is 2.85. The molecule has 0 atom stereocenters. The van der Waals surface area contributed by atoms with Gasteiger partial charge >= 0.3 is 0 Å². The monoisotopic (exact) mass is 307 g/mol. The van der Waals surface area contributed by atoms with Gasteiger partial charge in [0.1, 0.15) is 0 Å². The van der Waals surface area contributed by atoms with E-state index in [1.807, 2.05) is 35.9 Å². The van der Waals surface area contributed by atoms with Crippen LogP contribution in [0.1, 0.15) is 16.7 Å². The Balaban J connectivity index is 1.88. The smallest absolute Gasteiger partial charge is 0.180 e. The Bertz CT molecular complexity index is 834. The van der Waals surface area contributed by atoms with Crippen LogP contribution in [0, 0.1) is 13.8 Å². The molecule has 3 nitrogen and oxygen atoms in total. The third kappa shape index (κ3) is 3.23. The van der Waals surface area contributed by atoms with Crippen LogP contribution in [0.5, 0.6) is 0 Å². The highest BCUT2D eigenvalue weighted by Gasteiger charge is 2.03. The van der Waals surface area contributed by atoms with Gasteiger partial charge in [-0.05, 0) is 37.1 Å². The standard InChI is InChI=1S/C18H17N3S/c1-12-6-7-15(13(2)8-12)10-20-16-5-3-4-14(9-16)17-11-22-18(19)21-17/h3-11H,1-2H3,(H2,19,21). The molecule has 4 heteroatoms. The molecule has 1 aromatic heterocycles. The highest BCUT2D eigenvalue weighted by Crippen LogP contribution is 2.26. The Kier molecular flexibility index (Phi) is 4.02. The molecule has 0 aliphatic rings. The Labute approximate surface area is 134 Å². The summed E-state index contributed by atoms with van der Waals surface area (Å²) in [6, 6.07) is 14.4. The number of anilines is 1. The summed E-state index contributed by atoms with van der Waals surface area (Å²) in [4.78, 5) is 8.89. The summed E-state index contributed by atoms with van der Waals surface area (Å²) in [6.45, 7) is 4.19. The minimum atomic E-state index is 0.583. The third-order valence-electron chi connectivity index (χ3n) is 3.44. The van der Waals surface area contributed by atoms with Crippen LogP contribution in [-0.4, -0.2) is 11.2 Å². The van der Waals surface area contributed by atoms with Crippen molar-refractivity contribution in [3.8, 4) is 11.3 Å². The van der Waals surface area contributed by atoms with Gasteiger partial charge in [-0.25, -0.2) is 4.98 Å². The topological polar surface area (TPSA) is 51.3 Å². The van der Waals surface area contributed by atoms with Gasteiger partial charge in [-0.2, -0.15) is 0 Å². The summed E-state index contributed by atoms with van der Waals surface area (Å²) in [5, 5.41) is 2.54. The molecule has 0 spiro atoms. The molecule has 0 fully saturated rings. The van der Waals surface area contributed by atoms with Gasteiger partial charge in [-0.1, -0.05) is 35.9 Å². The predicted molar refractivity (Wildman–Crippen MR) is 95.1 cm³/mol. The zero-order valence-corrected chi connectivity index (χ0v) is 13.4. The van der Waals surface area contributed by atoms with E-state index in [-0.39, 0.29) is 0 Å². The van der Waals surface area contributed by atoms with Crippen molar-refractivity contribution in [1.82, 2.24) is 4.98 Å². The van der Waals surface area contributed by atoms with E-state index in [9.17, 15) is 0 Å². The number of nitrogen functional groups attached to an aromatic ring is 1. The van der Waals surface area contributed by atoms with E-state index in [2.05, 4.69) is 42.0 Å². The van der Waals surface area contributed by atoms with Crippen LogP contribution in [0.2, 0.25) is 0 Å². The third-order valence-corrected chi connectivity index (χ3v) is 4.12. The van der Waals surface area contributed by atoms with E-state index in [0.29, 0.717) is 5.13 Å². The second-order valence-corrected chi connectivity index (χ2v) is 6.13. The van der Waals surface area contributed by atoms with Gasteiger partial charge in [0.15, 0.2) is 5.13 Å². The molecule has 0 aliphatic heterocycles. The fourth-order valence-electron chi connectivity index (χ4n) is 2.28. The van der Waals surface area contributed by atoms with Crippen molar-refractivity contribution in [3.05, 3.63) is 64.5 Å². The number of hydrogen-bond donors (Lipinski definition) is 1. The second-order valence-electron chi connectivity index (χ2n) is 5.24. The van der Waals surface area contributed by atoms with Crippen molar-refractivity contribution < 1.29 is 0 Å². The molecule has 2 N–H and O–H groups in total. The van der Waals surface area contributed by atoms with Crippen molar-refractivity contribution in [3.63, 3.8) is 0 Å². The molecule has 22 heavy (non-hydrogen) atoms. The maximum atomic E-state index is 5.70. The molecule has 0 aliphatic carbocycles. The minimum Gasteiger partial charge on any atom is -0.375 e. The van der Waals surface area contributed by atoms with E-state index in [0.717, 1.165) is 22.5 Å². The molecule has 0 unspecified atom stereocenters. The van der Waals surface area contributed by atoms with Crippen LogP contribution in [0.25, 0.3) is 11.3 Å². The van der Waals surface area contributed by atoms with Crippen LogP contribution in [0.15, 0.2) is 52.8 Å². The number of hydrogen-bond acceptors (Lipinski definition) is 4. The quantitative estimate of drug-likeness (QED) is 0.709. The fraction of sp³-hybridized carbons (Fsp3) is 0.111. The molecule has 3 aromatic rings. The minimum absolute atomic E-state index is 0.583. The van der Waals surface area contributed by atoms with E-state index in [1.165, 1.54) is 22.5 Å². The Morgan fingerprint density at radius 2 is 2.00 bits per heavy atom. The van der Waals surface area contributed by atoms with Gasteiger partial charge in [0, 0.05) is 17.2 Å². The lowest BCUT2D eigenvalue weighted by Gasteiger charge is -2.02. The first-order valence-corrected chi connectivity index (χ1v) is 7.92. The van der Waals surface area contributed by atoms with Crippen molar-refractivity contribution >= 4 is 28.4 Å². The molecular weight excluding hydrogens is 290 g/mol. The van der Waals surface area contributed by atoms with Crippen LogP contribution in [0.3, 0.4) is 0 Å². The van der Waals surface area contributed by atoms with Crippen molar-refractivity contribution in [2.45, 2.75) is 13.8 Å². The summed E-state index contributed by atoms with van der Waals surface area (Å²) in [5.74, 6) is 0. The lowest BCUT2D eigenvalue weighted by atomic mass is 10.1. The summed E-state index contributed by atoms with van der Waals surface area (Å²) in [7, 11) is 0. The van der Waals surface area contributed by atoms with Gasteiger partial charge in [0.25, 0.3) is 0 Å². The SMILES string of the molecule is Cc1ccc(C=Nc2cccc(-c3csc(N)n3)c2)c(C)c1. The number of aryl methyl sites for hydroxylation is 2.